The molecule has 0 aliphatic heterocycles. The van der Waals surface area contributed by atoms with E-state index in [1.54, 1.807) is 26.0 Å². The molecular formula is C34H48Br2O10. The van der Waals surface area contributed by atoms with Crippen LogP contribution in [0, 0.1) is 11.8 Å². The fourth-order valence-electron chi connectivity index (χ4n) is 4.61. The Morgan fingerprint density at radius 2 is 1.04 bits per heavy atom. The summed E-state index contributed by atoms with van der Waals surface area (Å²) in [4.78, 5) is 50.5. The molecule has 0 aliphatic carbocycles. The predicted molar refractivity (Wildman–Crippen MR) is 182 cm³/mol. The molecule has 0 bridgehead atoms. The maximum absolute atomic E-state index is 12.7. The van der Waals surface area contributed by atoms with Crippen molar-refractivity contribution in [3.63, 3.8) is 0 Å². The minimum atomic E-state index is -1.08. The monoisotopic (exact) mass is 774 g/mol. The lowest BCUT2D eigenvalue weighted by molar-refractivity contribution is -0.151. The van der Waals surface area contributed by atoms with E-state index in [0.29, 0.717) is 38.9 Å². The summed E-state index contributed by atoms with van der Waals surface area (Å²) in [6.07, 6.45) is 5.71. The lowest BCUT2D eigenvalue weighted by Gasteiger charge is -2.25. The molecule has 0 aliphatic rings. The average Bonchev–Trinajstić information content (AvgIpc) is 3.04. The van der Waals surface area contributed by atoms with Gasteiger partial charge in [0.15, 0.2) is 0 Å². The van der Waals surface area contributed by atoms with Gasteiger partial charge in [-0.15, -0.1) is 13.2 Å². The van der Waals surface area contributed by atoms with Gasteiger partial charge in [0.2, 0.25) is 0 Å². The number of hydrogen-bond donors (Lipinski definition) is 0. The zero-order valence-corrected chi connectivity index (χ0v) is 30.5. The Hall–Kier alpha value is -2.54. The van der Waals surface area contributed by atoms with Crippen LogP contribution in [0.4, 0.5) is 0 Å². The van der Waals surface area contributed by atoms with Gasteiger partial charge < -0.3 is 28.4 Å². The quantitative estimate of drug-likeness (QED) is 0.0425. The molecule has 1 aromatic rings. The molecule has 4 unspecified atom stereocenters. The lowest BCUT2D eigenvalue weighted by atomic mass is 9.89. The number of halogens is 2. The Morgan fingerprint density at radius 1 is 0.696 bits per heavy atom. The zero-order valence-electron chi connectivity index (χ0n) is 27.4. The Bertz CT molecular complexity index is 1030. The van der Waals surface area contributed by atoms with E-state index in [4.69, 9.17) is 28.4 Å². The number of aryl methyl sites for hydroxylation is 2. The van der Waals surface area contributed by atoms with E-state index in [2.05, 4.69) is 45.0 Å². The molecule has 0 saturated carbocycles. The number of methoxy groups -OCH3 is 2. The molecule has 0 fully saturated rings. The number of hydrogen-bond acceptors (Lipinski definition) is 10. The number of benzene rings is 1. The fraction of sp³-hybridized carbons (Fsp3) is 0.588. The minimum Gasteiger partial charge on any atom is -0.469 e. The zero-order chi connectivity index (χ0) is 34.6. The second-order valence-corrected chi connectivity index (χ2v) is 14.6. The van der Waals surface area contributed by atoms with Gasteiger partial charge >= 0.3 is 23.9 Å². The van der Waals surface area contributed by atoms with Gasteiger partial charge in [-0.2, -0.15) is 0 Å². The van der Waals surface area contributed by atoms with Crippen molar-refractivity contribution in [2.45, 2.75) is 61.0 Å². The van der Waals surface area contributed by atoms with Gasteiger partial charge in [0.05, 0.1) is 52.5 Å². The molecule has 0 heterocycles. The summed E-state index contributed by atoms with van der Waals surface area (Å²) in [6.45, 7) is 11.9. The molecule has 12 heteroatoms. The Morgan fingerprint density at radius 3 is 1.35 bits per heavy atom. The van der Waals surface area contributed by atoms with Crippen molar-refractivity contribution in [1.29, 1.82) is 0 Å². The van der Waals surface area contributed by atoms with Crippen LogP contribution in [0.3, 0.4) is 0 Å². The summed E-state index contributed by atoms with van der Waals surface area (Å²) in [7, 11) is 2.66. The van der Waals surface area contributed by atoms with Gasteiger partial charge in [-0.3, -0.25) is 19.2 Å². The van der Waals surface area contributed by atoms with Crippen LogP contribution in [0.15, 0.2) is 49.6 Å². The molecule has 4 atom stereocenters. The van der Waals surface area contributed by atoms with Gasteiger partial charge in [-0.05, 0) is 63.5 Å². The van der Waals surface area contributed by atoms with E-state index >= 15 is 0 Å². The molecule has 0 radical (unpaired) electrons. The van der Waals surface area contributed by atoms with E-state index in [1.165, 1.54) is 14.2 Å². The molecule has 1 rings (SSSR count). The van der Waals surface area contributed by atoms with Crippen LogP contribution in [0.1, 0.15) is 50.7 Å². The molecule has 1 aromatic carbocycles. The van der Waals surface area contributed by atoms with Gasteiger partial charge in [0.1, 0.15) is 21.9 Å². The normalized spacial score (nSPS) is 14.9. The first-order chi connectivity index (χ1) is 21.8. The van der Waals surface area contributed by atoms with Crippen molar-refractivity contribution in [2.75, 3.05) is 53.9 Å². The highest BCUT2D eigenvalue weighted by Gasteiger charge is 2.38. The van der Waals surface area contributed by atoms with Gasteiger partial charge in [-0.1, -0.05) is 68.3 Å². The van der Waals surface area contributed by atoms with Crippen LogP contribution >= 0.6 is 31.9 Å². The van der Waals surface area contributed by atoms with E-state index in [1.807, 2.05) is 24.3 Å². The Labute approximate surface area is 289 Å². The molecule has 46 heavy (non-hydrogen) atoms. The maximum atomic E-state index is 12.7. The van der Waals surface area contributed by atoms with Crippen molar-refractivity contribution in [2.24, 2.45) is 11.8 Å². The second kappa shape index (κ2) is 22.1. The topological polar surface area (TPSA) is 124 Å². The minimum absolute atomic E-state index is 0.0952. The summed E-state index contributed by atoms with van der Waals surface area (Å²) in [5.41, 5.74) is 2.02. The largest absolute Gasteiger partial charge is 0.469 e. The summed E-state index contributed by atoms with van der Waals surface area (Å²) < 4.78 is 29.0. The number of carbonyl (C=O) groups excluding carboxylic acids is 4. The van der Waals surface area contributed by atoms with Gasteiger partial charge in [0.25, 0.3) is 0 Å². The SMILES string of the molecule is C=CCOCCOC(=O)C(C)(Br)CC(CCc1ccc(CCC(CC(C)(Br)C(=O)OCCOCC=C)C(=O)OC)cc1)C(=O)OC. The third kappa shape index (κ3) is 15.8. The first-order valence-electron chi connectivity index (χ1n) is 15.1. The van der Waals surface area contributed by atoms with Crippen LogP contribution in [-0.4, -0.2) is 86.4 Å². The highest BCUT2D eigenvalue weighted by molar-refractivity contribution is 9.10. The molecule has 0 N–H and O–H groups in total. The van der Waals surface area contributed by atoms with Crippen molar-refractivity contribution >= 4 is 55.7 Å². The third-order valence-electron chi connectivity index (χ3n) is 7.16. The number of ether oxygens (including phenoxy) is 6. The van der Waals surface area contributed by atoms with E-state index in [-0.39, 0.29) is 39.3 Å². The van der Waals surface area contributed by atoms with Gasteiger partial charge in [0, 0.05) is 0 Å². The molecule has 10 nitrogen and oxygen atoms in total. The number of esters is 4. The fourth-order valence-corrected chi connectivity index (χ4v) is 5.62. The second-order valence-electron chi connectivity index (χ2n) is 11.1. The molecule has 0 saturated heterocycles. The molecule has 258 valence electrons. The van der Waals surface area contributed by atoms with Crippen molar-refractivity contribution in [3.8, 4) is 0 Å². The lowest BCUT2D eigenvalue weighted by Crippen LogP contribution is -2.36. The predicted octanol–water partition coefficient (Wildman–Crippen LogP) is 5.71. The molecule has 0 spiro atoms. The molecular weight excluding hydrogens is 728 g/mol. The Balaban J connectivity index is 2.74. The number of alkyl halides is 2. The summed E-state index contributed by atoms with van der Waals surface area (Å²) in [5, 5.41) is 0. The molecule has 0 aromatic heterocycles. The maximum Gasteiger partial charge on any atom is 0.322 e. The first kappa shape index (κ1) is 41.5. The van der Waals surface area contributed by atoms with E-state index < -0.39 is 44.4 Å². The molecule has 0 amide bonds. The first-order valence-corrected chi connectivity index (χ1v) is 16.7. The van der Waals surface area contributed by atoms with Crippen LogP contribution in [0.5, 0.6) is 0 Å². The summed E-state index contributed by atoms with van der Waals surface area (Å²) in [5.74, 6) is -2.84. The van der Waals surface area contributed by atoms with Crippen molar-refractivity contribution in [1.82, 2.24) is 0 Å². The smallest absolute Gasteiger partial charge is 0.322 e. The Kier molecular flexibility index (Phi) is 19.9. The van der Waals surface area contributed by atoms with Crippen LogP contribution in [0.2, 0.25) is 0 Å². The highest BCUT2D eigenvalue weighted by Crippen LogP contribution is 2.32. The van der Waals surface area contributed by atoms with Crippen molar-refractivity contribution in [3.05, 3.63) is 60.7 Å². The average molecular weight is 777 g/mol. The number of carbonyl (C=O) groups is 4. The highest BCUT2D eigenvalue weighted by atomic mass is 79.9. The summed E-state index contributed by atoms with van der Waals surface area (Å²) >= 11 is 6.89. The van der Waals surface area contributed by atoms with E-state index in [0.717, 1.165) is 11.1 Å². The third-order valence-corrected chi connectivity index (χ3v) is 8.45. The van der Waals surface area contributed by atoms with Crippen LogP contribution in [-0.2, 0) is 60.4 Å². The van der Waals surface area contributed by atoms with Crippen LogP contribution in [0.25, 0.3) is 0 Å². The van der Waals surface area contributed by atoms with Gasteiger partial charge in [-0.25, -0.2) is 0 Å². The van der Waals surface area contributed by atoms with E-state index in [9.17, 15) is 19.2 Å². The standard InChI is InChI=1S/C34H48Br2O10/c1-7-17-43-19-21-45-31(39)33(3,35)23-27(29(37)41-5)15-13-25-9-11-26(12-10-25)14-16-28(30(38)42-6)24-34(4,36)32(40)46-22-20-44-18-8-2/h7-12,27-28H,1-2,13-24H2,3-6H3. The number of rotatable bonds is 24. The summed E-state index contributed by atoms with van der Waals surface area (Å²) in [6, 6.07) is 7.90. The van der Waals surface area contributed by atoms with Crippen LogP contribution < -0.4 is 0 Å². The van der Waals surface area contributed by atoms with Crippen molar-refractivity contribution < 1.29 is 47.6 Å².